The van der Waals surface area contributed by atoms with Crippen LogP contribution in [0.3, 0.4) is 0 Å². The molecule has 0 N–H and O–H groups in total. The molecule has 2 aromatic carbocycles. The summed E-state index contributed by atoms with van der Waals surface area (Å²) in [5, 5.41) is 0. The number of carbonyl (C=O) groups is 1. The fourth-order valence-electron chi connectivity index (χ4n) is 4.66. The molecule has 148 valence electrons. The lowest BCUT2D eigenvalue weighted by atomic mass is 9.92. The minimum Gasteiger partial charge on any atom is -0.335 e. The summed E-state index contributed by atoms with van der Waals surface area (Å²) in [6.07, 6.45) is 0. The Hall–Kier alpha value is -2.24. The molecule has 0 saturated carbocycles. The summed E-state index contributed by atoms with van der Waals surface area (Å²) < 4.78 is 13.2. The van der Waals surface area contributed by atoms with Crippen LogP contribution in [0, 0.1) is 5.82 Å². The van der Waals surface area contributed by atoms with Crippen LogP contribution in [-0.4, -0.2) is 64.9 Å². The minimum absolute atomic E-state index is 0.0463. The number of piperazine rings is 2. The van der Waals surface area contributed by atoms with E-state index < -0.39 is 0 Å². The van der Waals surface area contributed by atoms with E-state index in [1.807, 2.05) is 47.4 Å². The van der Waals surface area contributed by atoms with Crippen LogP contribution >= 0.6 is 0 Å². The van der Waals surface area contributed by atoms with Crippen molar-refractivity contribution in [3.05, 3.63) is 71.5 Å². The van der Waals surface area contributed by atoms with Crippen LogP contribution in [0.2, 0.25) is 0 Å². The van der Waals surface area contributed by atoms with E-state index in [1.165, 1.54) is 12.1 Å². The van der Waals surface area contributed by atoms with E-state index in [9.17, 15) is 9.18 Å². The number of hydrogen-bond acceptors (Lipinski definition) is 3. The summed E-state index contributed by atoms with van der Waals surface area (Å²) in [5.74, 6) is -0.0818. The van der Waals surface area contributed by atoms with Crippen LogP contribution in [0.25, 0.3) is 0 Å². The maximum atomic E-state index is 13.2. The summed E-state index contributed by atoms with van der Waals surface area (Å²) in [6, 6.07) is 16.6. The van der Waals surface area contributed by atoms with Crippen molar-refractivity contribution in [2.75, 3.05) is 32.7 Å². The molecule has 0 aliphatic carbocycles. The summed E-state index contributed by atoms with van der Waals surface area (Å²) in [5.41, 5.74) is 1.84. The summed E-state index contributed by atoms with van der Waals surface area (Å²) in [6.45, 7) is 9.68. The third-order valence-corrected chi connectivity index (χ3v) is 5.98. The Labute approximate surface area is 166 Å². The topological polar surface area (TPSA) is 26.8 Å². The van der Waals surface area contributed by atoms with E-state index in [0.29, 0.717) is 6.04 Å². The monoisotopic (exact) mass is 381 g/mol. The predicted molar refractivity (Wildman–Crippen MR) is 109 cm³/mol. The number of fused-ring (bicyclic) bond motifs is 1. The van der Waals surface area contributed by atoms with Crippen molar-refractivity contribution in [1.29, 1.82) is 0 Å². The molecule has 4 nitrogen and oxygen atoms in total. The van der Waals surface area contributed by atoms with Gasteiger partial charge < -0.3 is 4.90 Å². The molecule has 0 radical (unpaired) electrons. The number of benzene rings is 2. The van der Waals surface area contributed by atoms with Crippen molar-refractivity contribution in [2.45, 2.75) is 32.0 Å². The highest BCUT2D eigenvalue weighted by Gasteiger charge is 2.43. The average molecular weight is 381 g/mol. The largest absolute Gasteiger partial charge is 0.335 e. The SMILES string of the molecule is CC1(C)CN(C(=O)c2ccccc2)C[C@@H]2CN(Cc3ccc(F)cc3)CCN21. The number of nitrogens with zero attached hydrogens (tertiary/aromatic N) is 3. The van der Waals surface area contributed by atoms with Crippen molar-refractivity contribution in [1.82, 2.24) is 14.7 Å². The van der Waals surface area contributed by atoms with Gasteiger partial charge in [0.2, 0.25) is 0 Å². The molecule has 2 fully saturated rings. The molecule has 28 heavy (non-hydrogen) atoms. The normalized spacial score (nSPS) is 22.7. The van der Waals surface area contributed by atoms with Gasteiger partial charge in [-0.3, -0.25) is 14.6 Å². The van der Waals surface area contributed by atoms with E-state index in [2.05, 4.69) is 23.6 Å². The third-order valence-electron chi connectivity index (χ3n) is 5.98. The third kappa shape index (κ3) is 3.96. The molecule has 2 saturated heterocycles. The lowest BCUT2D eigenvalue weighted by molar-refractivity contribution is -0.0577. The smallest absolute Gasteiger partial charge is 0.253 e. The minimum atomic E-state index is -0.197. The molecule has 2 aliphatic rings. The van der Waals surface area contributed by atoms with Crippen LogP contribution in [-0.2, 0) is 6.54 Å². The zero-order chi connectivity index (χ0) is 19.7. The summed E-state index contributed by atoms with van der Waals surface area (Å²) in [7, 11) is 0. The van der Waals surface area contributed by atoms with E-state index >= 15 is 0 Å². The summed E-state index contributed by atoms with van der Waals surface area (Å²) in [4.78, 5) is 20.0. The number of amides is 1. The van der Waals surface area contributed by atoms with Gasteiger partial charge in [0, 0.05) is 56.4 Å². The zero-order valence-corrected chi connectivity index (χ0v) is 16.6. The van der Waals surface area contributed by atoms with Gasteiger partial charge >= 0.3 is 0 Å². The molecule has 2 heterocycles. The lowest BCUT2D eigenvalue weighted by Gasteiger charge is -2.55. The van der Waals surface area contributed by atoms with Gasteiger partial charge in [-0.1, -0.05) is 30.3 Å². The van der Waals surface area contributed by atoms with Gasteiger partial charge in [0.1, 0.15) is 5.82 Å². The Morgan fingerprint density at radius 3 is 2.46 bits per heavy atom. The maximum Gasteiger partial charge on any atom is 0.253 e. The first kappa shape index (κ1) is 19.1. The lowest BCUT2D eigenvalue weighted by Crippen LogP contribution is -2.70. The first-order valence-corrected chi connectivity index (χ1v) is 10.0. The molecule has 0 aromatic heterocycles. The Morgan fingerprint density at radius 2 is 1.75 bits per heavy atom. The Morgan fingerprint density at radius 1 is 1.04 bits per heavy atom. The number of rotatable bonds is 3. The molecule has 2 aromatic rings. The second-order valence-electron chi connectivity index (χ2n) is 8.57. The van der Waals surface area contributed by atoms with E-state index in [0.717, 1.165) is 50.4 Å². The van der Waals surface area contributed by atoms with Crippen LogP contribution in [0.5, 0.6) is 0 Å². The molecular formula is C23H28FN3O. The van der Waals surface area contributed by atoms with Crippen molar-refractivity contribution >= 4 is 5.91 Å². The second kappa shape index (κ2) is 7.64. The number of hydrogen-bond donors (Lipinski definition) is 0. The van der Waals surface area contributed by atoms with Crippen molar-refractivity contribution < 1.29 is 9.18 Å². The van der Waals surface area contributed by atoms with Crippen LogP contribution in [0.4, 0.5) is 4.39 Å². The first-order chi connectivity index (χ1) is 13.4. The number of halogens is 1. The predicted octanol–water partition coefficient (Wildman–Crippen LogP) is 3.25. The first-order valence-electron chi connectivity index (χ1n) is 10.0. The summed E-state index contributed by atoms with van der Waals surface area (Å²) >= 11 is 0. The highest BCUT2D eigenvalue weighted by molar-refractivity contribution is 5.94. The molecule has 0 bridgehead atoms. The second-order valence-corrected chi connectivity index (χ2v) is 8.57. The molecular weight excluding hydrogens is 353 g/mol. The Balaban J connectivity index is 1.47. The highest BCUT2D eigenvalue weighted by Crippen LogP contribution is 2.29. The zero-order valence-electron chi connectivity index (χ0n) is 16.6. The molecule has 1 atom stereocenters. The quantitative estimate of drug-likeness (QED) is 0.817. The van der Waals surface area contributed by atoms with Gasteiger partial charge in [-0.05, 0) is 43.7 Å². The fourth-order valence-corrected chi connectivity index (χ4v) is 4.66. The average Bonchev–Trinajstić information content (AvgIpc) is 2.69. The standard InChI is InChI=1S/C23H28FN3O/c1-23(2)17-26(22(28)19-6-4-3-5-7-19)16-21-15-25(12-13-27(21)23)14-18-8-10-20(24)11-9-18/h3-11,21H,12-17H2,1-2H3/t21-/m0/s1. The van der Waals surface area contributed by atoms with Gasteiger partial charge in [-0.15, -0.1) is 0 Å². The highest BCUT2D eigenvalue weighted by atomic mass is 19.1. The number of carbonyl (C=O) groups excluding carboxylic acids is 1. The van der Waals surface area contributed by atoms with Crippen molar-refractivity contribution in [3.8, 4) is 0 Å². The van der Waals surface area contributed by atoms with Gasteiger partial charge in [-0.25, -0.2) is 4.39 Å². The molecule has 0 spiro atoms. The maximum absolute atomic E-state index is 13.2. The van der Waals surface area contributed by atoms with Crippen LogP contribution in [0.1, 0.15) is 29.8 Å². The van der Waals surface area contributed by atoms with Crippen LogP contribution < -0.4 is 0 Å². The fraction of sp³-hybridized carbons (Fsp3) is 0.435. The van der Waals surface area contributed by atoms with E-state index in [-0.39, 0.29) is 17.3 Å². The van der Waals surface area contributed by atoms with Gasteiger partial charge in [0.05, 0.1) is 0 Å². The molecule has 1 amide bonds. The van der Waals surface area contributed by atoms with E-state index in [4.69, 9.17) is 0 Å². The van der Waals surface area contributed by atoms with Gasteiger partial charge in [0.25, 0.3) is 5.91 Å². The molecule has 2 aliphatic heterocycles. The van der Waals surface area contributed by atoms with Crippen molar-refractivity contribution in [3.63, 3.8) is 0 Å². The Kier molecular flexibility index (Phi) is 5.21. The Bertz CT molecular complexity index is 822. The molecule has 4 rings (SSSR count). The van der Waals surface area contributed by atoms with Gasteiger partial charge in [-0.2, -0.15) is 0 Å². The van der Waals surface area contributed by atoms with Crippen molar-refractivity contribution in [2.24, 2.45) is 0 Å². The van der Waals surface area contributed by atoms with E-state index in [1.54, 1.807) is 0 Å². The molecule has 0 unspecified atom stereocenters. The van der Waals surface area contributed by atoms with Gasteiger partial charge in [0.15, 0.2) is 0 Å². The molecule has 5 heteroatoms. The van der Waals surface area contributed by atoms with Crippen LogP contribution in [0.15, 0.2) is 54.6 Å².